The monoisotopic (exact) mass is 364 g/mol. The van der Waals surface area contributed by atoms with Crippen molar-refractivity contribution in [3.05, 3.63) is 47.3 Å². The molecule has 1 atom stereocenters. The third-order valence-corrected chi connectivity index (χ3v) is 4.56. The Morgan fingerprint density at radius 2 is 1.85 bits per heavy atom. The Morgan fingerprint density at radius 1 is 1.12 bits per heavy atom. The Labute approximate surface area is 153 Å². The van der Waals surface area contributed by atoms with Crippen molar-refractivity contribution in [2.45, 2.75) is 58.8 Å². The molecule has 1 unspecified atom stereocenters. The maximum absolute atomic E-state index is 12.3. The van der Waals surface area contributed by atoms with E-state index in [1.165, 1.54) is 31.0 Å². The molecule has 26 heavy (non-hydrogen) atoms. The van der Waals surface area contributed by atoms with Crippen molar-refractivity contribution in [1.82, 2.24) is 0 Å². The number of ketones is 1. The van der Waals surface area contributed by atoms with Gasteiger partial charge in [0.05, 0.1) is 0 Å². The molecule has 2 rings (SSSR count). The molecule has 0 aliphatic rings. The van der Waals surface area contributed by atoms with Crippen molar-refractivity contribution in [3.8, 4) is 0 Å². The number of Topliss-reactive ketones (excluding diaryl/α,β-unsaturated/α-hetero) is 1. The van der Waals surface area contributed by atoms with Gasteiger partial charge in [0.25, 0.3) is 0 Å². The van der Waals surface area contributed by atoms with Crippen LogP contribution in [0.1, 0.15) is 73.5 Å². The minimum absolute atomic E-state index is 0.0510. The number of hydrogen-bond donors (Lipinski definition) is 2. The first kappa shape index (κ1) is 20.4. The zero-order chi connectivity index (χ0) is 18.9. The van der Waals surface area contributed by atoms with Crippen LogP contribution in [0.4, 0.5) is 0 Å². The van der Waals surface area contributed by atoms with Crippen molar-refractivity contribution in [1.29, 1.82) is 0 Å². The van der Waals surface area contributed by atoms with Crippen LogP contribution in [0.5, 0.6) is 0 Å². The van der Waals surface area contributed by atoms with Crippen LogP contribution in [0.15, 0.2) is 33.1 Å². The second-order valence-corrected chi connectivity index (χ2v) is 6.37. The molecule has 0 aromatic carbocycles. The third-order valence-electron chi connectivity index (χ3n) is 4.56. The molecule has 0 fully saturated rings. The Kier molecular flexibility index (Phi) is 8.09. The average Bonchev–Trinajstić information content (AvgIpc) is 3.33. The lowest BCUT2D eigenvalue weighted by Crippen LogP contribution is -2.10. The number of carbonyl (C=O) groups is 1. The van der Waals surface area contributed by atoms with Gasteiger partial charge in [-0.1, -0.05) is 26.7 Å². The van der Waals surface area contributed by atoms with Gasteiger partial charge in [0.15, 0.2) is 11.9 Å². The number of furan rings is 2. The highest BCUT2D eigenvalue weighted by Crippen LogP contribution is 2.22. The fourth-order valence-electron chi connectivity index (χ4n) is 2.82. The predicted molar refractivity (Wildman–Crippen MR) is 95.6 cm³/mol. The number of aliphatic hydroxyl groups is 2. The molecule has 6 heteroatoms. The van der Waals surface area contributed by atoms with E-state index in [1.54, 1.807) is 6.07 Å². The summed E-state index contributed by atoms with van der Waals surface area (Å²) in [7, 11) is 0. The summed E-state index contributed by atoms with van der Waals surface area (Å²) in [5, 5.41) is 19.1. The number of aliphatic hydroxyl groups excluding tert-OH is 2. The van der Waals surface area contributed by atoms with Crippen LogP contribution < -0.4 is 0 Å². The zero-order valence-corrected chi connectivity index (χ0v) is 15.4. The number of carbonyl (C=O) groups excluding carboxylic acids is 1. The molecule has 2 aromatic rings. The summed E-state index contributed by atoms with van der Waals surface area (Å²) in [6, 6.07) is 6.16. The van der Waals surface area contributed by atoms with Crippen LogP contribution >= 0.6 is 0 Å². The van der Waals surface area contributed by atoms with E-state index in [0.717, 1.165) is 18.8 Å². The van der Waals surface area contributed by atoms with Crippen LogP contribution in [0, 0.1) is 5.92 Å². The molecule has 0 spiro atoms. The highest BCUT2D eigenvalue weighted by atomic mass is 16.5. The van der Waals surface area contributed by atoms with Gasteiger partial charge in [-0.05, 0) is 43.0 Å². The van der Waals surface area contributed by atoms with Gasteiger partial charge in [-0.15, -0.1) is 0 Å². The average molecular weight is 364 g/mol. The Bertz CT molecular complexity index is 667. The predicted octanol–water partition coefficient (Wildman–Crippen LogP) is 4.01. The molecule has 0 saturated carbocycles. The van der Waals surface area contributed by atoms with Crippen molar-refractivity contribution in [2.24, 2.45) is 5.92 Å². The molecule has 2 N–H and O–H groups in total. The van der Waals surface area contributed by atoms with Gasteiger partial charge in [0.1, 0.15) is 30.5 Å². The topological polar surface area (TPSA) is 93.0 Å². The summed E-state index contributed by atoms with van der Waals surface area (Å²) in [5.74, 6) is 1.11. The van der Waals surface area contributed by atoms with Crippen molar-refractivity contribution >= 4 is 5.78 Å². The Hall–Kier alpha value is -1.89. The molecule has 0 radical (unpaired) electrons. The van der Waals surface area contributed by atoms with E-state index >= 15 is 0 Å². The molecule has 144 valence electrons. The summed E-state index contributed by atoms with van der Waals surface area (Å²) in [6.07, 6.45) is 3.08. The van der Waals surface area contributed by atoms with Crippen molar-refractivity contribution < 1.29 is 28.6 Å². The molecular weight excluding hydrogens is 336 g/mol. The molecule has 0 bridgehead atoms. The molecule has 0 aliphatic heterocycles. The normalized spacial score (nSPS) is 12.7. The van der Waals surface area contributed by atoms with E-state index in [1.807, 2.05) is 0 Å². The molecule has 6 nitrogen and oxygen atoms in total. The van der Waals surface area contributed by atoms with E-state index in [0.29, 0.717) is 19.0 Å². The maximum atomic E-state index is 12.3. The maximum Gasteiger partial charge on any atom is 0.234 e. The van der Waals surface area contributed by atoms with E-state index in [4.69, 9.17) is 18.7 Å². The van der Waals surface area contributed by atoms with Gasteiger partial charge < -0.3 is 23.8 Å². The van der Waals surface area contributed by atoms with Crippen LogP contribution in [0.2, 0.25) is 0 Å². The van der Waals surface area contributed by atoms with Crippen molar-refractivity contribution in [3.63, 3.8) is 0 Å². The summed E-state index contributed by atoms with van der Waals surface area (Å²) in [5.41, 5.74) is 0. The van der Waals surface area contributed by atoms with Gasteiger partial charge in [0, 0.05) is 6.61 Å². The third kappa shape index (κ3) is 5.56. The largest absolute Gasteiger partial charge is 0.460 e. The lowest BCUT2D eigenvalue weighted by molar-refractivity contribution is 0.0651. The van der Waals surface area contributed by atoms with E-state index in [9.17, 15) is 9.90 Å². The lowest BCUT2D eigenvalue weighted by atomic mass is 9.98. The molecule has 0 amide bonds. The van der Waals surface area contributed by atoms with Crippen LogP contribution in [0.3, 0.4) is 0 Å². The van der Waals surface area contributed by atoms with E-state index < -0.39 is 11.9 Å². The molecule has 2 aromatic heterocycles. The fraction of sp³-hybridized carbons (Fsp3) is 0.550. The quantitative estimate of drug-likeness (QED) is 0.436. The number of rotatable bonds is 12. The Balaban J connectivity index is 1.80. The van der Waals surface area contributed by atoms with E-state index in [-0.39, 0.29) is 23.9 Å². The zero-order valence-electron chi connectivity index (χ0n) is 15.4. The van der Waals surface area contributed by atoms with Gasteiger partial charge >= 0.3 is 0 Å². The lowest BCUT2D eigenvalue weighted by Gasteiger charge is -2.11. The molecule has 0 saturated heterocycles. The van der Waals surface area contributed by atoms with Crippen LogP contribution in [-0.4, -0.2) is 22.6 Å². The van der Waals surface area contributed by atoms with Crippen molar-refractivity contribution in [2.75, 3.05) is 6.61 Å². The molecule has 0 aliphatic carbocycles. The smallest absolute Gasteiger partial charge is 0.234 e. The minimum atomic E-state index is -1.46. The standard InChI is InChI=1S/C20H28O6/c1-3-14(4-2)6-5-11-24-13-16-8-10-18(26-16)20(23)19(22)17-9-7-15(12-21)25-17/h7-10,14,19,21-22H,3-6,11-13H2,1-2H3. The summed E-state index contributed by atoms with van der Waals surface area (Å²) in [6.45, 7) is 5.07. The fourth-order valence-corrected chi connectivity index (χ4v) is 2.82. The summed E-state index contributed by atoms with van der Waals surface area (Å²) >= 11 is 0. The summed E-state index contributed by atoms with van der Waals surface area (Å²) in [4.78, 5) is 12.3. The number of ether oxygens (including phenoxy) is 1. The van der Waals surface area contributed by atoms with Crippen LogP contribution in [-0.2, 0) is 18.0 Å². The first-order valence-corrected chi connectivity index (χ1v) is 9.17. The Morgan fingerprint density at radius 3 is 2.50 bits per heavy atom. The summed E-state index contributed by atoms with van der Waals surface area (Å²) < 4.78 is 16.3. The number of hydrogen-bond acceptors (Lipinski definition) is 6. The minimum Gasteiger partial charge on any atom is -0.460 e. The first-order valence-electron chi connectivity index (χ1n) is 9.17. The van der Waals surface area contributed by atoms with Gasteiger partial charge in [-0.3, -0.25) is 4.79 Å². The highest BCUT2D eigenvalue weighted by molar-refractivity contribution is 5.97. The first-order chi connectivity index (χ1) is 12.6. The van der Waals surface area contributed by atoms with Crippen LogP contribution in [0.25, 0.3) is 0 Å². The van der Waals surface area contributed by atoms with Gasteiger partial charge in [-0.2, -0.15) is 0 Å². The highest BCUT2D eigenvalue weighted by Gasteiger charge is 2.25. The van der Waals surface area contributed by atoms with Gasteiger partial charge in [-0.25, -0.2) is 0 Å². The second-order valence-electron chi connectivity index (χ2n) is 6.37. The molecule has 2 heterocycles. The van der Waals surface area contributed by atoms with Gasteiger partial charge in [0.2, 0.25) is 5.78 Å². The molecular formula is C20H28O6. The second kappa shape index (κ2) is 10.3. The SMILES string of the molecule is CCC(CC)CCCOCc1ccc(C(=O)C(O)c2ccc(CO)o2)o1. The van der Waals surface area contributed by atoms with E-state index in [2.05, 4.69) is 13.8 Å².